The molecule has 0 amide bonds. The lowest BCUT2D eigenvalue weighted by Gasteiger charge is -2.11. The smallest absolute Gasteiger partial charge is 0.109 e. The molecule has 0 spiro atoms. The fourth-order valence-corrected chi connectivity index (χ4v) is 3.08. The summed E-state index contributed by atoms with van der Waals surface area (Å²) in [5.41, 5.74) is 1.32. The summed E-state index contributed by atoms with van der Waals surface area (Å²) in [6.45, 7) is 5.23. The second-order valence-corrected chi connectivity index (χ2v) is 6.50. The summed E-state index contributed by atoms with van der Waals surface area (Å²) in [4.78, 5) is 7.14. The Kier molecular flexibility index (Phi) is 5.43. The monoisotopic (exact) mass is 292 g/mol. The molecule has 0 saturated heterocycles. The van der Waals surface area contributed by atoms with Crippen LogP contribution >= 0.6 is 23.1 Å². The Hall–Kier alpha value is -0.840. The number of thioether (sulfide) groups is 1. The van der Waals surface area contributed by atoms with E-state index in [1.54, 1.807) is 23.1 Å². The predicted octanol–water partition coefficient (Wildman–Crippen LogP) is 4.28. The summed E-state index contributed by atoms with van der Waals surface area (Å²) in [7, 11) is 0. The van der Waals surface area contributed by atoms with Gasteiger partial charge in [-0.3, -0.25) is 0 Å². The number of aromatic nitrogens is 1. The van der Waals surface area contributed by atoms with Crippen LogP contribution in [-0.4, -0.2) is 11.2 Å². The van der Waals surface area contributed by atoms with Crippen LogP contribution in [0.2, 0.25) is 0 Å². The van der Waals surface area contributed by atoms with Crippen molar-refractivity contribution in [2.24, 2.45) is 0 Å². The minimum Gasteiger partial charge on any atom is -0.304 e. The first-order chi connectivity index (χ1) is 9.22. The molecule has 2 aromatic rings. The number of rotatable bonds is 6. The third-order valence-electron chi connectivity index (χ3n) is 3.06. The van der Waals surface area contributed by atoms with Gasteiger partial charge in [0, 0.05) is 22.5 Å². The first-order valence-corrected chi connectivity index (χ1v) is 8.58. The van der Waals surface area contributed by atoms with E-state index in [1.165, 1.54) is 20.3 Å². The molecule has 1 aromatic carbocycles. The number of thiazole rings is 1. The van der Waals surface area contributed by atoms with E-state index >= 15 is 0 Å². The van der Waals surface area contributed by atoms with Crippen LogP contribution in [0.3, 0.4) is 0 Å². The molecule has 0 saturated carbocycles. The highest BCUT2D eigenvalue weighted by molar-refractivity contribution is 7.98. The van der Waals surface area contributed by atoms with Crippen molar-refractivity contribution in [3.63, 3.8) is 0 Å². The van der Waals surface area contributed by atoms with Crippen LogP contribution in [0, 0.1) is 0 Å². The average Bonchev–Trinajstić information content (AvgIpc) is 2.94. The van der Waals surface area contributed by atoms with Crippen LogP contribution in [0.25, 0.3) is 0 Å². The molecule has 19 heavy (non-hydrogen) atoms. The Morgan fingerprint density at radius 1 is 1.32 bits per heavy atom. The van der Waals surface area contributed by atoms with Crippen molar-refractivity contribution in [1.29, 1.82) is 0 Å². The SMILES string of the molecule is CCc1cnc(C(C)NCc2ccc(SC)cc2)s1. The zero-order chi connectivity index (χ0) is 13.7. The number of hydrogen-bond acceptors (Lipinski definition) is 4. The summed E-state index contributed by atoms with van der Waals surface area (Å²) < 4.78 is 0. The minimum absolute atomic E-state index is 0.311. The topological polar surface area (TPSA) is 24.9 Å². The van der Waals surface area contributed by atoms with Gasteiger partial charge >= 0.3 is 0 Å². The van der Waals surface area contributed by atoms with Gasteiger partial charge in [-0.1, -0.05) is 19.1 Å². The van der Waals surface area contributed by atoms with Crippen LogP contribution in [0.15, 0.2) is 35.4 Å². The van der Waals surface area contributed by atoms with Gasteiger partial charge in [0.2, 0.25) is 0 Å². The van der Waals surface area contributed by atoms with Crippen LogP contribution in [-0.2, 0) is 13.0 Å². The Bertz CT molecular complexity index is 505. The molecular formula is C15H20N2S2. The molecule has 0 aliphatic carbocycles. The molecule has 102 valence electrons. The van der Waals surface area contributed by atoms with Gasteiger partial charge in [-0.2, -0.15) is 0 Å². The molecule has 0 fully saturated rings. The minimum atomic E-state index is 0.311. The molecule has 0 aliphatic rings. The van der Waals surface area contributed by atoms with Crippen LogP contribution in [0.5, 0.6) is 0 Å². The van der Waals surface area contributed by atoms with Gasteiger partial charge in [0.05, 0.1) is 6.04 Å². The van der Waals surface area contributed by atoms with E-state index in [0.29, 0.717) is 6.04 Å². The van der Waals surface area contributed by atoms with Gasteiger partial charge in [0.15, 0.2) is 0 Å². The van der Waals surface area contributed by atoms with E-state index in [4.69, 9.17) is 0 Å². The number of nitrogens with zero attached hydrogens (tertiary/aromatic N) is 1. The van der Waals surface area contributed by atoms with Gasteiger partial charge in [-0.15, -0.1) is 23.1 Å². The second kappa shape index (κ2) is 7.08. The van der Waals surface area contributed by atoms with E-state index in [2.05, 4.69) is 54.7 Å². The quantitative estimate of drug-likeness (QED) is 0.804. The van der Waals surface area contributed by atoms with Gasteiger partial charge in [-0.05, 0) is 37.3 Å². The molecule has 0 aliphatic heterocycles. The van der Waals surface area contributed by atoms with Crippen molar-refractivity contribution < 1.29 is 0 Å². The van der Waals surface area contributed by atoms with Crippen molar-refractivity contribution in [2.45, 2.75) is 37.8 Å². The molecule has 1 unspecified atom stereocenters. The molecule has 1 aromatic heterocycles. The Morgan fingerprint density at radius 2 is 2.05 bits per heavy atom. The summed E-state index contributed by atoms with van der Waals surface area (Å²) in [5.74, 6) is 0. The first-order valence-electron chi connectivity index (χ1n) is 6.53. The fourth-order valence-electron chi connectivity index (χ4n) is 1.79. The highest BCUT2D eigenvalue weighted by atomic mass is 32.2. The largest absolute Gasteiger partial charge is 0.304 e. The zero-order valence-electron chi connectivity index (χ0n) is 11.6. The van der Waals surface area contributed by atoms with Gasteiger partial charge < -0.3 is 5.32 Å². The molecule has 1 N–H and O–H groups in total. The van der Waals surface area contributed by atoms with E-state index in [9.17, 15) is 0 Å². The summed E-state index contributed by atoms with van der Waals surface area (Å²) in [6.07, 6.45) is 5.16. The lowest BCUT2D eigenvalue weighted by Crippen LogP contribution is -2.17. The maximum Gasteiger partial charge on any atom is 0.109 e. The van der Waals surface area contributed by atoms with Gasteiger partial charge in [0.25, 0.3) is 0 Å². The number of benzene rings is 1. The standard InChI is InChI=1S/C15H20N2S2/c1-4-13-10-17-15(19-13)11(2)16-9-12-5-7-14(18-3)8-6-12/h5-8,10-11,16H,4,9H2,1-3H3. The highest BCUT2D eigenvalue weighted by Crippen LogP contribution is 2.21. The normalized spacial score (nSPS) is 12.6. The molecule has 2 nitrogen and oxygen atoms in total. The number of nitrogens with one attached hydrogen (secondary N) is 1. The molecule has 1 atom stereocenters. The molecule has 1 heterocycles. The lowest BCUT2D eigenvalue weighted by atomic mass is 10.2. The molecule has 0 radical (unpaired) electrons. The summed E-state index contributed by atoms with van der Waals surface area (Å²) >= 11 is 3.58. The summed E-state index contributed by atoms with van der Waals surface area (Å²) in [6, 6.07) is 9.02. The van der Waals surface area contributed by atoms with Crippen LogP contribution in [0.4, 0.5) is 0 Å². The maximum absolute atomic E-state index is 4.48. The van der Waals surface area contributed by atoms with E-state index in [-0.39, 0.29) is 0 Å². The molecule has 4 heteroatoms. The van der Waals surface area contributed by atoms with Gasteiger partial charge in [0.1, 0.15) is 5.01 Å². The number of aryl methyl sites for hydroxylation is 1. The second-order valence-electron chi connectivity index (χ2n) is 4.47. The van der Waals surface area contributed by atoms with Crippen molar-refractivity contribution in [3.8, 4) is 0 Å². The fraction of sp³-hybridized carbons (Fsp3) is 0.400. The van der Waals surface area contributed by atoms with Crippen molar-refractivity contribution in [3.05, 3.63) is 45.9 Å². The third kappa shape index (κ3) is 4.06. The highest BCUT2D eigenvalue weighted by Gasteiger charge is 2.09. The molecular weight excluding hydrogens is 272 g/mol. The van der Waals surface area contributed by atoms with E-state index < -0.39 is 0 Å². The van der Waals surface area contributed by atoms with Gasteiger partial charge in [-0.25, -0.2) is 4.98 Å². The summed E-state index contributed by atoms with van der Waals surface area (Å²) in [5, 5.41) is 4.71. The van der Waals surface area contributed by atoms with Crippen molar-refractivity contribution in [1.82, 2.24) is 10.3 Å². The van der Waals surface area contributed by atoms with E-state index in [1.807, 2.05) is 6.20 Å². The van der Waals surface area contributed by atoms with Crippen LogP contribution < -0.4 is 5.32 Å². The van der Waals surface area contributed by atoms with Crippen LogP contribution in [0.1, 0.15) is 35.3 Å². The molecule has 2 rings (SSSR count). The first kappa shape index (κ1) is 14.6. The Balaban J connectivity index is 1.90. The Labute approximate surface area is 123 Å². The van der Waals surface area contributed by atoms with Crippen molar-refractivity contribution in [2.75, 3.05) is 6.26 Å². The lowest BCUT2D eigenvalue weighted by molar-refractivity contribution is 0.571. The third-order valence-corrected chi connectivity index (χ3v) is 5.13. The van der Waals surface area contributed by atoms with Crippen molar-refractivity contribution >= 4 is 23.1 Å². The predicted molar refractivity (Wildman–Crippen MR) is 85.0 cm³/mol. The van der Waals surface area contributed by atoms with E-state index in [0.717, 1.165) is 13.0 Å². The number of hydrogen-bond donors (Lipinski definition) is 1. The molecule has 0 bridgehead atoms. The maximum atomic E-state index is 4.48. The average molecular weight is 292 g/mol. The Morgan fingerprint density at radius 3 is 2.63 bits per heavy atom. The zero-order valence-corrected chi connectivity index (χ0v) is 13.3.